The van der Waals surface area contributed by atoms with Gasteiger partial charge in [-0.05, 0) is 25.0 Å². The number of fused-ring (bicyclic) bond motifs is 1. The zero-order valence-corrected chi connectivity index (χ0v) is 11.3. The van der Waals surface area contributed by atoms with Crippen LogP contribution in [0.5, 0.6) is 0 Å². The molecule has 0 radical (unpaired) electrons. The SMILES string of the molecule is Cn1c(CN[C@@H]2CCCC[C@@H]2O)nc2ccccc21. The summed E-state index contributed by atoms with van der Waals surface area (Å²) in [5.41, 5.74) is 2.19. The number of hydrogen-bond donors (Lipinski definition) is 2. The molecular weight excluding hydrogens is 238 g/mol. The van der Waals surface area contributed by atoms with E-state index in [1.54, 1.807) is 0 Å². The number of hydrogen-bond acceptors (Lipinski definition) is 3. The summed E-state index contributed by atoms with van der Waals surface area (Å²) < 4.78 is 2.12. The summed E-state index contributed by atoms with van der Waals surface area (Å²) in [6.45, 7) is 0.715. The van der Waals surface area contributed by atoms with Crippen LogP contribution in [0.3, 0.4) is 0 Å². The first-order chi connectivity index (χ1) is 9.25. The Balaban J connectivity index is 1.73. The second-order valence-electron chi connectivity index (χ2n) is 5.41. The lowest BCUT2D eigenvalue weighted by Crippen LogP contribution is -2.41. The quantitative estimate of drug-likeness (QED) is 0.886. The molecule has 0 spiro atoms. The summed E-state index contributed by atoms with van der Waals surface area (Å²) in [5.74, 6) is 1.03. The van der Waals surface area contributed by atoms with Gasteiger partial charge in [-0.25, -0.2) is 4.98 Å². The fourth-order valence-electron chi connectivity index (χ4n) is 2.93. The normalized spacial score (nSPS) is 23.9. The summed E-state index contributed by atoms with van der Waals surface area (Å²) in [6.07, 6.45) is 4.12. The topological polar surface area (TPSA) is 50.1 Å². The van der Waals surface area contributed by atoms with Gasteiger partial charge in [0.05, 0.1) is 23.7 Å². The molecule has 1 aromatic heterocycles. The Labute approximate surface area is 113 Å². The molecule has 3 rings (SSSR count). The number of aryl methyl sites for hydroxylation is 1. The van der Waals surface area contributed by atoms with E-state index in [2.05, 4.69) is 20.9 Å². The monoisotopic (exact) mass is 259 g/mol. The van der Waals surface area contributed by atoms with Gasteiger partial charge < -0.3 is 15.0 Å². The van der Waals surface area contributed by atoms with E-state index in [9.17, 15) is 5.11 Å². The molecule has 1 aromatic carbocycles. The van der Waals surface area contributed by atoms with E-state index in [0.29, 0.717) is 6.54 Å². The van der Waals surface area contributed by atoms with Crippen molar-refractivity contribution in [1.82, 2.24) is 14.9 Å². The second-order valence-corrected chi connectivity index (χ2v) is 5.41. The van der Waals surface area contributed by atoms with Crippen molar-refractivity contribution in [3.63, 3.8) is 0 Å². The lowest BCUT2D eigenvalue weighted by atomic mass is 9.93. The van der Waals surface area contributed by atoms with Gasteiger partial charge in [0.15, 0.2) is 0 Å². The maximum absolute atomic E-state index is 9.97. The molecule has 0 saturated heterocycles. The lowest BCUT2D eigenvalue weighted by Gasteiger charge is -2.28. The first-order valence-corrected chi connectivity index (χ1v) is 7.07. The molecule has 19 heavy (non-hydrogen) atoms. The molecule has 0 aliphatic heterocycles. The number of imidazole rings is 1. The van der Waals surface area contributed by atoms with Crippen molar-refractivity contribution in [2.45, 2.75) is 44.4 Å². The van der Waals surface area contributed by atoms with Crippen LogP contribution in [0.25, 0.3) is 11.0 Å². The molecule has 1 saturated carbocycles. The highest BCUT2D eigenvalue weighted by atomic mass is 16.3. The van der Waals surface area contributed by atoms with Crippen LogP contribution in [0.1, 0.15) is 31.5 Å². The average molecular weight is 259 g/mol. The number of nitrogens with zero attached hydrogens (tertiary/aromatic N) is 2. The van der Waals surface area contributed by atoms with E-state index >= 15 is 0 Å². The molecule has 2 aromatic rings. The lowest BCUT2D eigenvalue weighted by molar-refractivity contribution is 0.0898. The third-order valence-corrected chi connectivity index (χ3v) is 4.13. The summed E-state index contributed by atoms with van der Waals surface area (Å²) in [4.78, 5) is 4.64. The molecule has 0 amide bonds. The summed E-state index contributed by atoms with van der Waals surface area (Å²) >= 11 is 0. The van der Waals surface area contributed by atoms with Crippen molar-refractivity contribution in [1.29, 1.82) is 0 Å². The van der Waals surface area contributed by atoms with Gasteiger partial charge in [0.25, 0.3) is 0 Å². The minimum atomic E-state index is -0.205. The van der Waals surface area contributed by atoms with Crippen LogP contribution in [-0.2, 0) is 13.6 Å². The van der Waals surface area contributed by atoms with E-state index in [1.807, 2.05) is 25.2 Å². The second kappa shape index (κ2) is 5.31. The Morgan fingerprint density at radius 2 is 2.11 bits per heavy atom. The zero-order valence-electron chi connectivity index (χ0n) is 11.3. The predicted octanol–water partition coefficient (Wildman–Crippen LogP) is 1.97. The van der Waals surface area contributed by atoms with Gasteiger partial charge in [-0.1, -0.05) is 25.0 Å². The van der Waals surface area contributed by atoms with Gasteiger partial charge in [0, 0.05) is 13.1 Å². The fourth-order valence-corrected chi connectivity index (χ4v) is 2.93. The highest BCUT2D eigenvalue weighted by molar-refractivity contribution is 5.75. The molecule has 1 aliphatic carbocycles. The number of aliphatic hydroxyl groups is 1. The third-order valence-electron chi connectivity index (χ3n) is 4.13. The van der Waals surface area contributed by atoms with Crippen LogP contribution in [0.15, 0.2) is 24.3 Å². The molecule has 1 heterocycles. The van der Waals surface area contributed by atoms with Crippen LogP contribution in [-0.4, -0.2) is 26.8 Å². The van der Waals surface area contributed by atoms with E-state index in [-0.39, 0.29) is 12.1 Å². The minimum absolute atomic E-state index is 0.205. The van der Waals surface area contributed by atoms with Gasteiger partial charge in [0.1, 0.15) is 5.82 Å². The van der Waals surface area contributed by atoms with Gasteiger partial charge >= 0.3 is 0 Å². The first-order valence-electron chi connectivity index (χ1n) is 7.07. The van der Waals surface area contributed by atoms with Gasteiger partial charge in [0.2, 0.25) is 0 Å². The molecule has 4 heteroatoms. The summed E-state index contributed by atoms with van der Waals surface area (Å²) in [5, 5.41) is 13.4. The maximum Gasteiger partial charge on any atom is 0.123 e. The molecule has 102 valence electrons. The minimum Gasteiger partial charge on any atom is -0.392 e. The predicted molar refractivity (Wildman–Crippen MR) is 75.8 cm³/mol. The molecule has 0 unspecified atom stereocenters. The number of aliphatic hydroxyl groups excluding tert-OH is 1. The average Bonchev–Trinajstić information content (AvgIpc) is 2.75. The van der Waals surface area contributed by atoms with Crippen molar-refractivity contribution >= 4 is 11.0 Å². The van der Waals surface area contributed by atoms with E-state index in [1.165, 1.54) is 6.42 Å². The molecule has 2 N–H and O–H groups in total. The van der Waals surface area contributed by atoms with Crippen LogP contribution in [0, 0.1) is 0 Å². The number of benzene rings is 1. The number of aromatic nitrogens is 2. The van der Waals surface area contributed by atoms with E-state index in [0.717, 1.165) is 36.1 Å². The van der Waals surface area contributed by atoms with Crippen molar-refractivity contribution in [3.8, 4) is 0 Å². The maximum atomic E-state index is 9.97. The highest BCUT2D eigenvalue weighted by Gasteiger charge is 2.22. The first kappa shape index (κ1) is 12.6. The van der Waals surface area contributed by atoms with Crippen LogP contribution in [0.2, 0.25) is 0 Å². The van der Waals surface area contributed by atoms with Crippen LogP contribution >= 0.6 is 0 Å². The van der Waals surface area contributed by atoms with E-state index < -0.39 is 0 Å². The Morgan fingerprint density at radius 1 is 1.32 bits per heavy atom. The third kappa shape index (κ3) is 2.51. The molecular formula is C15H21N3O. The van der Waals surface area contributed by atoms with Gasteiger partial charge in [-0.3, -0.25) is 0 Å². The molecule has 1 fully saturated rings. The fraction of sp³-hybridized carbons (Fsp3) is 0.533. The van der Waals surface area contributed by atoms with Gasteiger partial charge in [-0.15, -0.1) is 0 Å². The Bertz CT molecular complexity index is 564. The standard InChI is InChI=1S/C15H21N3O/c1-18-13-8-4-2-6-11(13)17-15(18)10-16-12-7-3-5-9-14(12)19/h2,4,6,8,12,14,16,19H,3,5,7,9-10H2,1H3/t12-,14+/m1/s1. The number of nitrogens with one attached hydrogen (secondary N) is 1. The van der Waals surface area contributed by atoms with Crippen molar-refractivity contribution in [2.75, 3.05) is 0 Å². The molecule has 0 bridgehead atoms. The molecule has 2 atom stereocenters. The van der Waals surface area contributed by atoms with Crippen LogP contribution in [0.4, 0.5) is 0 Å². The number of rotatable bonds is 3. The Hall–Kier alpha value is -1.39. The largest absolute Gasteiger partial charge is 0.392 e. The molecule has 1 aliphatic rings. The number of para-hydroxylation sites is 2. The Kier molecular flexibility index (Phi) is 3.53. The van der Waals surface area contributed by atoms with Crippen LogP contribution < -0.4 is 5.32 Å². The van der Waals surface area contributed by atoms with Gasteiger partial charge in [-0.2, -0.15) is 0 Å². The summed E-state index contributed by atoms with van der Waals surface area (Å²) in [6, 6.07) is 8.38. The smallest absolute Gasteiger partial charge is 0.123 e. The van der Waals surface area contributed by atoms with Crippen molar-refractivity contribution < 1.29 is 5.11 Å². The Morgan fingerprint density at radius 3 is 2.89 bits per heavy atom. The van der Waals surface area contributed by atoms with Crippen molar-refractivity contribution in [2.24, 2.45) is 7.05 Å². The van der Waals surface area contributed by atoms with Crippen molar-refractivity contribution in [3.05, 3.63) is 30.1 Å². The highest BCUT2D eigenvalue weighted by Crippen LogP contribution is 2.19. The summed E-state index contributed by atoms with van der Waals surface area (Å²) in [7, 11) is 2.05. The zero-order chi connectivity index (χ0) is 13.2. The molecule has 4 nitrogen and oxygen atoms in total. The van der Waals surface area contributed by atoms with E-state index in [4.69, 9.17) is 0 Å².